The smallest absolute Gasteiger partial charge is 0.318 e. The summed E-state index contributed by atoms with van der Waals surface area (Å²) in [7, 11) is -3.67. The monoisotopic (exact) mass is 190 g/mol. The molecule has 0 amide bonds. The van der Waals surface area contributed by atoms with Crippen LogP contribution in [-0.2, 0) is 14.9 Å². The number of hydrogen-bond acceptors (Lipinski definition) is 3. The van der Waals surface area contributed by atoms with Crippen molar-refractivity contribution in [2.24, 2.45) is 0 Å². The van der Waals surface area contributed by atoms with Crippen LogP contribution in [-0.4, -0.2) is 36.2 Å². The van der Waals surface area contributed by atoms with Crippen LogP contribution in [0.5, 0.6) is 0 Å². The Kier molecular flexibility index (Phi) is 6.74. The molecule has 0 aromatic carbocycles. The molecule has 0 rings (SSSR count). The van der Waals surface area contributed by atoms with Gasteiger partial charge in [-0.25, -0.2) is 0 Å². The summed E-state index contributed by atoms with van der Waals surface area (Å²) in [6.07, 6.45) is 0.715. The van der Waals surface area contributed by atoms with Crippen molar-refractivity contribution in [1.82, 2.24) is 0 Å². The van der Waals surface area contributed by atoms with Crippen molar-refractivity contribution in [2.45, 2.75) is 0 Å². The van der Waals surface area contributed by atoms with Gasteiger partial charge in [0.25, 0.3) is 10.1 Å². The highest BCUT2D eigenvalue weighted by molar-refractivity contribution is 7.85. The molecule has 0 saturated heterocycles. The topological polar surface area (TPSA) is 91.7 Å². The lowest BCUT2D eigenvalue weighted by Crippen LogP contribution is -1.92. The minimum absolute atomic E-state index is 0.306. The number of hydrogen-bond donors (Lipinski definition) is 2. The first kappa shape index (κ1) is 12.4. The molecule has 0 atom stereocenters. The molecule has 0 radical (unpaired) electrons. The lowest BCUT2D eigenvalue weighted by molar-refractivity contribution is -0.134. The molecule has 0 aliphatic rings. The average Bonchev–Trinajstić information content (AvgIpc) is 1.61. The first-order valence-electron chi connectivity index (χ1n) is 1.97. The van der Waals surface area contributed by atoms with Crippen LogP contribution in [0.15, 0.2) is 0 Å². The summed E-state index contributed by atoms with van der Waals surface area (Å²) >= 11 is 4.74. The molecule has 0 aliphatic heterocycles. The average molecular weight is 191 g/mol. The van der Waals surface area contributed by atoms with Gasteiger partial charge < -0.3 is 5.11 Å². The number of aliphatic carboxylic acids is 1. The predicted molar refractivity (Wildman–Crippen MR) is 35.8 cm³/mol. The third-order valence-electron chi connectivity index (χ3n) is 0.114. The molecule has 0 bridgehead atoms. The molecule has 7 heteroatoms. The van der Waals surface area contributed by atoms with Crippen LogP contribution in [0.4, 0.5) is 0 Å². The van der Waals surface area contributed by atoms with Gasteiger partial charge in [-0.1, -0.05) is 0 Å². The zero-order valence-electron chi connectivity index (χ0n) is 5.11. The highest BCUT2D eigenvalue weighted by Crippen LogP contribution is 1.67. The van der Waals surface area contributed by atoms with Gasteiger partial charge in [0.15, 0.2) is 0 Å². The van der Waals surface area contributed by atoms with Crippen molar-refractivity contribution < 1.29 is 22.9 Å². The molecule has 0 saturated carbocycles. The van der Waals surface area contributed by atoms with E-state index in [1.807, 2.05) is 0 Å². The third-order valence-corrected chi connectivity index (χ3v) is 0.343. The van der Waals surface area contributed by atoms with E-state index in [9.17, 15) is 13.2 Å². The van der Waals surface area contributed by atoms with E-state index in [1.54, 1.807) is 0 Å². The van der Waals surface area contributed by atoms with Gasteiger partial charge in [0.2, 0.25) is 0 Å². The second-order valence-electron chi connectivity index (χ2n) is 1.26. The molecule has 0 fully saturated rings. The zero-order chi connectivity index (χ0) is 8.78. The number of carbonyl (C=O) groups is 1. The molecular weight excluding hydrogens is 184 g/mol. The number of alkyl halides is 1. The Morgan fingerprint density at radius 2 is 1.70 bits per heavy atom. The number of carboxylic acid groups (broad SMARTS) is 1. The maximum Gasteiger partial charge on any atom is 0.318 e. The Morgan fingerprint density at radius 3 is 1.70 bits per heavy atom. The molecule has 0 aromatic rings. The van der Waals surface area contributed by atoms with Gasteiger partial charge in [0.05, 0.1) is 6.26 Å². The second-order valence-corrected chi connectivity index (χ2v) is 2.99. The van der Waals surface area contributed by atoms with Crippen molar-refractivity contribution in [3.05, 3.63) is 0 Å². The van der Waals surface area contributed by atoms with E-state index in [-0.39, 0.29) is 5.88 Å². The van der Waals surface area contributed by atoms with E-state index in [0.29, 0.717) is 6.26 Å². The predicted octanol–water partition coefficient (Wildman–Crippen LogP) is -0.186. The Hall–Kier alpha value is -0.330. The van der Waals surface area contributed by atoms with Gasteiger partial charge in [0.1, 0.15) is 5.88 Å². The van der Waals surface area contributed by atoms with Crippen molar-refractivity contribution in [1.29, 1.82) is 0 Å². The fraction of sp³-hybridized carbons (Fsp3) is 0.667. The van der Waals surface area contributed by atoms with Gasteiger partial charge in [-0.2, -0.15) is 8.42 Å². The van der Waals surface area contributed by atoms with Gasteiger partial charge in [0, 0.05) is 0 Å². The SMILES string of the molecule is CS(=O)(=O)O.O=C(O)CCl. The summed E-state index contributed by atoms with van der Waals surface area (Å²) in [5.74, 6) is -1.29. The number of rotatable bonds is 1. The maximum atomic E-state index is 9.24. The van der Waals surface area contributed by atoms with E-state index in [0.717, 1.165) is 0 Å². The summed E-state index contributed by atoms with van der Waals surface area (Å²) in [5, 5.41) is 7.59. The standard InChI is InChI=1S/C2H3ClO2.CH4O3S/c3-1-2(4)5;1-5(2,3)4/h1H2,(H,4,5);1H3,(H,2,3,4). The molecule has 62 valence electrons. The van der Waals surface area contributed by atoms with Gasteiger partial charge in [-0.05, 0) is 0 Å². The lowest BCUT2D eigenvalue weighted by atomic mass is 10.8. The van der Waals surface area contributed by atoms with E-state index in [2.05, 4.69) is 0 Å². The minimum Gasteiger partial charge on any atom is -0.480 e. The normalized spacial score (nSPS) is 9.50. The molecule has 0 heterocycles. The second kappa shape index (κ2) is 5.45. The Balaban J connectivity index is 0. The van der Waals surface area contributed by atoms with Gasteiger partial charge >= 0.3 is 5.97 Å². The van der Waals surface area contributed by atoms with Crippen LogP contribution in [0.25, 0.3) is 0 Å². The number of halogens is 1. The molecule has 0 unspecified atom stereocenters. The van der Waals surface area contributed by atoms with Crippen LogP contribution < -0.4 is 0 Å². The van der Waals surface area contributed by atoms with E-state index in [1.165, 1.54) is 0 Å². The molecule has 0 spiro atoms. The van der Waals surface area contributed by atoms with Crippen molar-refractivity contribution in [2.75, 3.05) is 12.1 Å². The van der Waals surface area contributed by atoms with Crippen LogP contribution in [0.3, 0.4) is 0 Å². The van der Waals surface area contributed by atoms with Crippen molar-refractivity contribution >= 4 is 27.7 Å². The zero-order valence-corrected chi connectivity index (χ0v) is 6.68. The van der Waals surface area contributed by atoms with Gasteiger partial charge in [-0.15, -0.1) is 11.6 Å². The Morgan fingerprint density at radius 1 is 1.60 bits per heavy atom. The van der Waals surface area contributed by atoms with Crippen molar-refractivity contribution in [3.8, 4) is 0 Å². The molecular formula is C3H7ClO5S. The molecule has 5 nitrogen and oxygen atoms in total. The Labute approximate surface area is 63.4 Å². The summed E-state index contributed by atoms with van der Waals surface area (Å²) in [4.78, 5) is 9.24. The highest BCUT2D eigenvalue weighted by Gasteiger charge is 1.83. The molecule has 10 heavy (non-hydrogen) atoms. The van der Waals surface area contributed by atoms with E-state index >= 15 is 0 Å². The van der Waals surface area contributed by atoms with Crippen LogP contribution in [0.2, 0.25) is 0 Å². The lowest BCUT2D eigenvalue weighted by Gasteiger charge is -1.69. The van der Waals surface area contributed by atoms with E-state index in [4.69, 9.17) is 21.3 Å². The highest BCUT2D eigenvalue weighted by atomic mass is 35.5. The Bertz CT molecular complexity index is 175. The first-order valence-corrected chi connectivity index (χ1v) is 4.36. The quantitative estimate of drug-likeness (QED) is 0.442. The maximum absolute atomic E-state index is 9.24. The first-order chi connectivity index (χ1) is 4.27. The fourth-order valence-corrected chi connectivity index (χ4v) is 0. The summed E-state index contributed by atoms with van der Waals surface area (Å²) in [6, 6.07) is 0. The molecule has 2 N–H and O–H groups in total. The minimum atomic E-state index is -3.67. The van der Waals surface area contributed by atoms with Crippen molar-refractivity contribution in [3.63, 3.8) is 0 Å². The van der Waals surface area contributed by atoms with E-state index < -0.39 is 16.1 Å². The fourth-order valence-electron chi connectivity index (χ4n) is 0. The summed E-state index contributed by atoms with van der Waals surface area (Å²) in [6.45, 7) is 0. The van der Waals surface area contributed by atoms with Crippen LogP contribution in [0, 0.1) is 0 Å². The molecule has 0 aliphatic carbocycles. The summed E-state index contributed by atoms with van der Waals surface area (Å²) < 4.78 is 25.9. The largest absolute Gasteiger partial charge is 0.480 e. The third kappa shape index (κ3) is 122. The van der Waals surface area contributed by atoms with Gasteiger partial charge in [-0.3, -0.25) is 9.35 Å². The van der Waals surface area contributed by atoms with Crippen LogP contribution >= 0.6 is 11.6 Å². The van der Waals surface area contributed by atoms with Crippen LogP contribution in [0.1, 0.15) is 0 Å². The molecule has 0 aromatic heterocycles. The number of carboxylic acids is 1. The summed E-state index contributed by atoms with van der Waals surface area (Å²) in [5.41, 5.74) is 0.